The molecule has 15 rings (SSSR count). The lowest BCUT2D eigenvalue weighted by atomic mass is 9.93. The molecule has 542 valence electrons. The van der Waals surface area contributed by atoms with Crippen LogP contribution in [0.5, 0.6) is 23.0 Å². The van der Waals surface area contributed by atoms with Gasteiger partial charge in [-0.3, -0.25) is 0 Å². The second-order valence-corrected chi connectivity index (χ2v) is 26.9. The minimum absolute atomic E-state index is 0.204. The smallest absolute Gasteiger partial charge is 0.348 e. The van der Waals surface area contributed by atoms with E-state index in [0.717, 1.165) is 128 Å². The van der Waals surface area contributed by atoms with Gasteiger partial charge in [0.2, 0.25) is 11.4 Å². The van der Waals surface area contributed by atoms with Crippen LogP contribution in [0, 0.1) is 0 Å². The zero-order valence-corrected chi connectivity index (χ0v) is 58.5. The quantitative estimate of drug-likeness (QED) is 0.0245. The van der Waals surface area contributed by atoms with E-state index in [1.807, 2.05) is 115 Å². The van der Waals surface area contributed by atoms with Gasteiger partial charge < -0.3 is 57.6 Å². The average molecular weight is 1430 g/mol. The molecular formula is C86H80N2O18. The van der Waals surface area contributed by atoms with Crippen molar-refractivity contribution in [2.24, 2.45) is 0 Å². The molecule has 0 atom stereocenters. The zero-order chi connectivity index (χ0) is 73.4. The van der Waals surface area contributed by atoms with Gasteiger partial charge in [-0.2, -0.15) is 9.13 Å². The molecule has 7 aromatic rings. The van der Waals surface area contributed by atoms with Gasteiger partial charge in [-0.05, 0) is 172 Å². The van der Waals surface area contributed by atoms with E-state index in [4.69, 9.17) is 47.4 Å². The van der Waals surface area contributed by atoms with Crippen LogP contribution in [0.4, 0.5) is 0 Å². The van der Waals surface area contributed by atoms with E-state index in [9.17, 15) is 39.0 Å². The van der Waals surface area contributed by atoms with Gasteiger partial charge in [0, 0.05) is 74.2 Å². The fraction of sp³-hybridized carbons (Fsp3) is 0.279. The summed E-state index contributed by atoms with van der Waals surface area (Å²) in [5.74, 6) is -7.03. The van der Waals surface area contributed by atoms with Crippen LogP contribution in [0.3, 0.4) is 0 Å². The van der Waals surface area contributed by atoms with Gasteiger partial charge in [-0.25, -0.2) is 28.8 Å². The zero-order valence-electron chi connectivity index (χ0n) is 58.5. The number of carbonyl (C=O) groups excluding carboxylic acids is 6. The third kappa shape index (κ3) is 17.9. The van der Waals surface area contributed by atoms with Gasteiger partial charge in [0.05, 0.1) is 23.0 Å². The number of benzene rings is 5. The van der Waals surface area contributed by atoms with Gasteiger partial charge in [0.15, 0.2) is 36.4 Å². The minimum atomic E-state index is -1.16. The summed E-state index contributed by atoms with van der Waals surface area (Å²) in [6, 6.07) is 53.4. The fourth-order valence-corrected chi connectivity index (χ4v) is 13.7. The molecule has 6 heterocycles. The highest BCUT2D eigenvalue weighted by atomic mass is 16.8. The molecule has 4 saturated carbocycles. The topological polar surface area (TPSA) is 249 Å². The first kappa shape index (κ1) is 72.3. The molecule has 2 aromatic heterocycles. The summed E-state index contributed by atoms with van der Waals surface area (Å²) in [4.78, 5) is 74.9. The maximum absolute atomic E-state index is 12.7. The molecule has 0 unspecified atom stereocenters. The molecular weight excluding hydrogens is 1350 g/mol. The van der Waals surface area contributed by atoms with Crippen LogP contribution in [-0.4, -0.2) is 59.0 Å². The van der Waals surface area contributed by atoms with Crippen LogP contribution < -0.4 is 28.8 Å². The third-order valence-corrected chi connectivity index (χ3v) is 19.4. The summed E-state index contributed by atoms with van der Waals surface area (Å²) in [6.07, 6.45) is 35.8. The van der Waals surface area contributed by atoms with E-state index in [0.29, 0.717) is 56.9 Å². The summed E-state index contributed by atoms with van der Waals surface area (Å²) < 4.78 is 59.8. The number of carbonyl (C=O) groups is 6. The number of allylic oxidation sites excluding steroid dienone is 8. The summed E-state index contributed by atoms with van der Waals surface area (Å²) in [7, 11) is 0. The number of pyridine rings is 2. The van der Waals surface area contributed by atoms with E-state index >= 15 is 0 Å². The van der Waals surface area contributed by atoms with Crippen LogP contribution in [0.2, 0.25) is 0 Å². The van der Waals surface area contributed by atoms with Crippen molar-refractivity contribution in [2.45, 2.75) is 152 Å². The summed E-state index contributed by atoms with van der Waals surface area (Å²) in [6.45, 7) is 0. The number of rotatable bonds is 14. The predicted molar refractivity (Wildman–Crippen MR) is 382 cm³/mol. The molecule has 5 aromatic carbocycles. The minimum Gasteiger partial charge on any atom is -0.574 e. The second kappa shape index (κ2) is 33.2. The van der Waals surface area contributed by atoms with Crippen molar-refractivity contribution >= 4 is 41.4 Å². The number of hydrogen-bond donors (Lipinski definition) is 0. The molecule has 6 fully saturated rings. The molecule has 0 radical (unpaired) electrons. The van der Waals surface area contributed by atoms with Gasteiger partial charge in [-0.1, -0.05) is 123 Å². The lowest BCUT2D eigenvalue weighted by Crippen LogP contribution is -2.47. The Hall–Kier alpha value is -12.1. The molecule has 4 aliphatic heterocycles. The van der Waals surface area contributed by atoms with Crippen LogP contribution in [0.15, 0.2) is 277 Å². The summed E-state index contributed by atoms with van der Waals surface area (Å²) in [5, 5.41) is 25.0. The molecule has 2 saturated heterocycles. The number of hydrogen-bond acceptors (Lipinski definition) is 18. The monoisotopic (exact) mass is 1430 g/mol. The van der Waals surface area contributed by atoms with E-state index in [1.54, 1.807) is 12.2 Å². The average Bonchev–Trinajstić information content (AvgIpc) is 0.791. The molecule has 0 amide bonds. The molecule has 0 bridgehead atoms. The second-order valence-electron chi connectivity index (χ2n) is 26.9. The van der Waals surface area contributed by atoms with Crippen molar-refractivity contribution in [1.29, 1.82) is 0 Å². The molecule has 0 N–H and O–H groups in total. The standard InChI is InChI=1S/C34H26N2O2.C29H30O8.C23H26O8/c1-3-7-31(8-4-1)37-33-15-11-29(12-16-33)35-23-19-27(20-24-35)28-21-25-36(26-22-28)30-13-17-34(18-14-30)38-32-9-5-2-6-10-32;30-24-22(25(31)35-28(34-24)16-6-2-7-17-28)14-12-21(20-10-4-1-5-11-20)13-15-23-26(32)36-29(37-27(23)33)18-8-3-9-19-29;24-18-16(19(25)29-22(28-18)12-6-2-7-13-22)10-4-1-5-11-17-20(26)30-23(31-21(17)27)14-8-3-9-15-23/h1-26H;1,4-5,10-15,30H,2-3,6-9,16-19H2;1,4-5,10-11,24H,2-3,6-9,12-15H2/q+2;;/p-2/b;14-12+,21-13-;5-1+,10-4+. The molecule has 20 heteroatoms. The largest absolute Gasteiger partial charge is 0.574 e. The van der Waals surface area contributed by atoms with Crippen LogP contribution in [0.25, 0.3) is 28.1 Å². The fourth-order valence-electron chi connectivity index (χ4n) is 13.7. The Kier molecular flexibility index (Phi) is 22.6. The maximum Gasteiger partial charge on any atom is 0.348 e. The first-order chi connectivity index (χ1) is 51.6. The highest BCUT2D eigenvalue weighted by Gasteiger charge is 2.48. The third-order valence-electron chi connectivity index (χ3n) is 19.4. The SMILES string of the molecule is O=C1OC2(CCCCC2)OC(=O)C1=C/C=C(/C=C/C1=C([O-])OC2(CCCCC2)OC1=O)c1ccccc1.O=C1OC2(CCCCC2)OC(=O)C1=C/C=C/C=C/C1=C([O-])OC2(CCCCC2)OC1=O.c1ccc(Oc2ccc(-[n+]3ccc(-c4cc[n+](-c5ccc(Oc6ccccc6)cc5)cc4)cc3)cc2)cc1. The van der Waals surface area contributed by atoms with Crippen molar-refractivity contribution in [1.82, 2.24) is 0 Å². The normalized spacial score (nSPS) is 19.5. The predicted octanol–water partition coefficient (Wildman–Crippen LogP) is 14.2. The van der Waals surface area contributed by atoms with Crippen molar-refractivity contribution in [3.05, 3.63) is 283 Å². The van der Waals surface area contributed by atoms with Gasteiger partial charge in [0.25, 0.3) is 11.6 Å². The highest BCUT2D eigenvalue weighted by molar-refractivity contribution is 6.16. The first-order valence-electron chi connectivity index (χ1n) is 36.1. The van der Waals surface area contributed by atoms with E-state index in [2.05, 4.69) is 82.5 Å². The maximum atomic E-state index is 12.7. The first-order valence-corrected chi connectivity index (χ1v) is 36.1. The Labute approximate surface area is 614 Å². The molecule has 4 aliphatic carbocycles. The number of nitrogens with zero attached hydrogens (tertiary/aromatic N) is 2. The Morgan fingerprint density at radius 1 is 0.340 bits per heavy atom. The molecule has 8 aliphatic rings. The van der Waals surface area contributed by atoms with Crippen molar-refractivity contribution in [3.8, 4) is 45.5 Å². The van der Waals surface area contributed by atoms with Gasteiger partial charge in [-0.15, -0.1) is 0 Å². The molecule has 106 heavy (non-hydrogen) atoms. The Bertz CT molecular complexity index is 4420. The van der Waals surface area contributed by atoms with E-state index in [-0.39, 0.29) is 22.3 Å². The molecule has 4 spiro atoms. The van der Waals surface area contributed by atoms with Crippen molar-refractivity contribution in [3.63, 3.8) is 0 Å². The van der Waals surface area contributed by atoms with E-state index in [1.165, 1.54) is 42.5 Å². The number of esters is 6. The molecule has 20 nitrogen and oxygen atoms in total. The van der Waals surface area contributed by atoms with Crippen molar-refractivity contribution < 1.29 is 95.5 Å². The summed E-state index contributed by atoms with van der Waals surface area (Å²) >= 11 is 0. The number of ether oxygens (including phenoxy) is 10. The highest BCUT2D eigenvalue weighted by Crippen LogP contribution is 2.42. The Balaban J connectivity index is 0.000000142. The Morgan fingerprint density at radius 2 is 0.670 bits per heavy atom. The van der Waals surface area contributed by atoms with Crippen LogP contribution in [-0.2, 0) is 66.7 Å². The number of para-hydroxylation sites is 2. The van der Waals surface area contributed by atoms with Gasteiger partial charge in [0.1, 0.15) is 34.1 Å². The van der Waals surface area contributed by atoms with Crippen molar-refractivity contribution in [2.75, 3.05) is 0 Å². The summed E-state index contributed by atoms with van der Waals surface area (Å²) in [5.41, 5.74) is 4.88. The van der Waals surface area contributed by atoms with E-state index < -0.39 is 70.9 Å². The van der Waals surface area contributed by atoms with Crippen LogP contribution in [0.1, 0.15) is 134 Å². The van der Waals surface area contributed by atoms with Crippen LogP contribution >= 0.6 is 0 Å². The lowest BCUT2D eigenvalue weighted by molar-refractivity contribution is -0.596. The Morgan fingerprint density at radius 3 is 1.05 bits per heavy atom. The van der Waals surface area contributed by atoms with Gasteiger partial charge >= 0.3 is 35.8 Å². The number of aromatic nitrogens is 2. The lowest BCUT2D eigenvalue weighted by Gasteiger charge is -2.46.